The van der Waals surface area contributed by atoms with Crippen LogP contribution in [0.1, 0.15) is 5.56 Å². The van der Waals surface area contributed by atoms with E-state index in [2.05, 4.69) is 15.3 Å². The van der Waals surface area contributed by atoms with Gasteiger partial charge in [-0.1, -0.05) is 17.7 Å². The van der Waals surface area contributed by atoms with Gasteiger partial charge in [0.05, 0.1) is 0 Å². The minimum absolute atomic E-state index is 0.182. The Kier molecular flexibility index (Phi) is 3.73. The topological polar surface area (TPSA) is 78.0 Å². The van der Waals surface area contributed by atoms with Gasteiger partial charge in [0.15, 0.2) is 0 Å². The Bertz CT molecular complexity index is 858. The monoisotopic (exact) mass is 315 g/mol. The maximum atomic E-state index is 10.7. The summed E-state index contributed by atoms with van der Waals surface area (Å²) in [5, 5.41) is 13.3. The summed E-state index contributed by atoms with van der Waals surface area (Å²) in [6.45, 7) is 1.81. The first-order valence-electron chi connectivity index (χ1n) is 6.75. The van der Waals surface area contributed by atoms with Crippen molar-refractivity contribution in [3.8, 4) is 11.1 Å². The molecule has 2 heterocycles. The molecule has 0 unspecified atom stereocenters. The Hall–Kier alpha value is -2.53. The number of carbonyl (C=O) groups is 1. The first kappa shape index (κ1) is 14.4. The van der Waals surface area contributed by atoms with Crippen LogP contribution < -0.4 is 5.32 Å². The van der Waals surface area contributed by atoms with Gasteiger partial charge in [-0.15, -0.1) is 0 Å². The first-order valence-corrected chi connectivity index (χ1v) is 7.13. The summed E-state index contributed by atoms with van der Waals surface area (Å²) in [7, 11) is 0. The van der Waals surface area contributed by atoms with Crippen LogP contribution in [0.2, 0.25) is 5.02 Å². The molecule has 0 aliphatic rings. The molecule has 3 N–H and O–H groups in total. The van der Waals surface area contributed by atoms with Crippen LogP contribution in [0.3, 0.4) is 0 Å². The van der Waals surface area contributed by atoms with Crippen LogP contribution in [0.4, 0.5) is 5.82 Å². The van der Waals surface area contributed by atoms with Crippen LogP contribution in [0.25, 0.3) is 22.2 Å². The number of hydrogen-bond acceptors (Lipinski definition) is 3. The molecule has 0 spiro atoms. The smallest absolute Gasteiger partial charge is 0.322 e. The number of anilines is 1. The molecule has 0 saturated heterocycles. The molecule has 0 radical (unpaired) electrons. The average Bonchev–Trinajstić information content (AvgIpc) is 2.93. The van der Waals surface area contributed by atoms with E-state index in [1.54, 1.807) is 0 Å². The van der Waals surface area contributed by atoms with Crippen molar-refractivity contribution in [3.05, 3.63) is 47.1 Å². The third-order valence-electron chi connectivity index (χ3n) is 3.43. The lowest BCUT2D eigenvalue weighted by molar-refractivity contribution is -0.134. The Morgan fingerprint density at radius 3 is 2.86 bits per heavy atom. The van der Waals surface area contributed by atoms with Crippen LogP contribution in [-0.4, -0.2) is 27.6 Å². The van der Waals surface area contributed by atoms with Crippen molar-refractivity contribution in [1.29, 1.82) is 0 Å². The molecule has 2 aromatic heterocycles. The second kappa shape index (κ2) is 5.69. The highest BCUT2D eigenvalue weighted by Crippen LogP contribution is 2.33. The lowest BCUT2D eigenvalue weighted by atomic mass is 9.99. The largest absolute Gasteiger partial charge is 0.480 e. The zero-order valence-corrected chi connectivity index (χ0v) is 12.6. The number of fused-ring (bicyclic) bond motifs is 1. The fourth-order valence-corrected chi connectivity index (χ4v) is 2.67. The van der Waals surface area contributed by atoms with E-state index in [9.17, 15) is 4.79 Å². The normalized spacial score (nSPS) is 10.8. The van der Waals surface area contributed by atoms with Crippen LogP contribution in [0, 0.1) is 6.92 Å². The summed E-state index contributed by atoms with van der Waals surface area (Å²) in [5.41, 5.74) is 3.77. The lowest BCUT2D eigenvalue weighted by Gasteiger charge is -2.11. The molecule has 5 nitrogen and oxygen atoms in total. The number of aliphatic carboxylic acids is 1. The molecule has 112 valence electrons. The van der Waals surface area contributed by atoms with E-state index in [4.69, 9.17) is 16.7 Å². The molecule has 6 heteroatoms. The van der Waals surface area contributed by atoms with Gasteiger partial charge in [-0.2, -0.15) is 0 Å². The summed E-state index contributed by atoms with van der Waals surface area (Å²) < 4.78 is 0. The molecule has 3 rings (SSSR count). The van der Waals surface area contributed by atoms with E-state index in [1.165, 1.54) is 0 Å². The summed E-state index contributed by atoms with van der Waals surface area (Å²) in [6.07, 6.45) is 1.81. The Balaban J connectivity index is 2.14. The third kappa shape index (κ3) is 2.76. The number of rotatable bonds is 4. The second-order valence-electron chi connectivity index (χ2n) is 5.00. The molecule has 0 fully saturated rings. The van der Waals surface area contributed by atoms with Crippen LogP contribution >= 0.6 is 11.6 Å². The molecular formula is C16H14ClN3O2. The van der Waals surface area contributed by atoms with Crippen molar-refractivity contribution in [2.75, 3.05) is 11.9 Å². The Morgan fingerprint density at radius 1 is 1.32 bits per heavy atom. The highest BCUT2D eigenvalue weighted by atomic mass is 35.5. The molecule has 0 atom stereocenters. The summed E-state index contributed by atoms with van der Waals surface area (Å²) in [6, 6.07) is 9.51. The maximum Gasteiger partial charge on any atom is 0.322 e. The van der Waals surface area contributed by atoms with Crippen molar-refractivity contribution in [2.24, 2.45) is 0 Å². The van der Waals surface area contributed by atoms with E-state index in [0.29, 0.717) is 16.5 Å². The van der Waals surface area contributed by atoms with Gasteiger partial charge < -0.3 is 15.4 Å². The summed E-state index contributed by atoms with van der Waals surface area (Å²) in [5.74, 6) is -0.417. The lowest BCUT2D eigenvalue weighted by Crippen LogP contribution is -2.13. The minimum Gasteiger partial charge on any atom is -0.480 e. The number of nitrogens with one attached hydrogen (secondary N) is 2. The van der Waals surface area contributed by atoms with Crippen molar-refractivity contribution in [3.63, 3.8) is 0 Å². The molecule has 0 saturated carbocycles. The molecule has 22 heavy (non-hydrogen) atoms. The highest BCUT2D eigenvalue weighted by molar-refractivity contribution is 6.30. The van der Waals surface area contributed by atoms with Crippen molar-refractivity contribution in [1.82, 2.24) is 9.97 Å². The highest BCUT2D eigenvalue weighted by Gasteiger charge is 2.11. The predicted molar refractivity (Wildman–Crippen MR) is 87.4 cm³/mol. The predicted octanol–water partition coefficient (Wildman–Crippen LogP) is 3.69. The average molecular weight is 316 g/mol. The molecule has 3 aromatic rings. The number of pyridine rings is 1. The summed E-state index contributed by atoms with van der Waals surface area (Å²) >= 11 is 6.02. The molecule has 1 aromatic carbocycles. The number of carboxylic acids is 1. The first-order chi connectivity index (χ1) is 10.5. The van der Waals surface area contributed by atoms with E-state index < -0.39 is 5.97 Å². The van der Waals surface area contributed by atoms with Gasteiger partial charge in [0, 0.05) is 16.6 Å². The fourth-order valence-electron chi connectivity index (χ4n) is 2.45. The fraction of sp³-hybridized carbons (Fsp3) is 0.125. The Morgan fingerprint density at radius 2 is 2.14 bits per heavy atom. The van der Waals surface area contributed by atoms with E-state index in [0.717, 1.165) is 22.1 Å². The molecule has 0 aliphatic heterocycles. The zero-order chi connectivity index (χ0) is 15.7. The van der Waals surface area contributed by atoms with E-state index in [-0.39, 0.29) is 6.54 Å². The third-order valence-corrected chi connectivity index (χ3v) is 3.66. The van der Waals surface area contributed by atoms with Gasteiger partial charge in [0.1, 0.15) is 18.0 Å². The molecule has 0 aliphatic carbocycles. The van der Waals surface area contributed by atoms with Crippen LogP contribution in [0.5, 0.6) is 0 Å². The van der Waals surface area contributed by atoms with Gasteiger partial charge in [-0.3, -0.25) is 4.79 Å². The number of aryl methyl sites for hydroxylation is 1. The minimum atomic E-state index is -0.933. The van der Waals surface area contributed by atoms with Gasteiger partial charge in [0.25, 0.3) is 0 Å². The number of nitrogens with zero attached hydrogens (tertiary/aromatic N) is 1. The maximum absolute atomic E-state index is 10.7. The van der Waals surface area contributed by atoms with Gasteiger partial charge in [-0.05, 0) is 47.9 Å². The number of aromatic nitrogens is 2. The molecular weight excluding hydrogens is 302 g/mol. The number of benzene rings is 1. The van der Waals surface area contributed by atoms with Crippen LogP contribution in [-0.2, 0) is 4.79 Å². The number of carboxylic acid groups (broad SMARTS) is 1. The van der Waals surface area contributed by atoms with Crippen LogP contribution in [0.15, 0.2) is 36.5 Å². The molecule has 0 bridgehead atoms. The Labute approximate surface area is 132 Å². The van der Waals surface area contributed by atoms with E-state index in [1.807, 2.05) is 43.5 Å². The number of H-pyrrole nitrogens is 1. The van der Waals surface area contributed by atoms with E-state index >= 15 is 0 Å². The second-order valence-corrected chi connectivity index (χ2v) is 5.44. The summed E-state index contributed by atoms with van der Waals surface area (Å²) in [4.78, 5) is 18.2. The standard InChI is InChI=1S/C16H14ClN3O2/c1-9-6-10(17)2-3-11(9)13-7-14(19-8-15(21)22)20-16-12(13)4-5-18-16/h2-7H,8H2,1H3,(H,21,22)(H2,18,19,20). The molecule has 0 amide bonds. The zero-order valence-electron chi connectivity index (χ0n) is 11.9. The quantitative estimate of drug-likeness (QED) is 0.686. The van der Waals surface area contributed by atoms with Gasteiger partial charge in [0.2, 0.25) is 0 Å². The van der Waals surface area contributed by atoms with Crippen molar-refractivity contribution in [2.45, 2.75) is 6.92 Å². The van der Waals surface area contributed by atoms with Gasteiger partial charge in [-0.25, -0.2) is 4.98 Å². The van der Waals surface area contributed by atoms with Crippen molar-refractivity contribution < 1.29 is 9.90 Å². The SMILES string of the molecule is Cc1cc(Cl)ccc1-c1cc(NCC(=O)O)nc2[nH]ccc12. The number of hydrogen-bond donors (Lipinski definition) is 3. The number of aromatic amines is 1. The van der Waals surface area contributed by atoms with Gasteiger partial charge >= 0.3 is 5.97 Å². The van der Waals surface area contributed by atoms with Crippen molar-refractivity contribution >= 4 is 34.4 Å². The number of halogens is 1.